The SMILES string of the molecule is C=CC(C/C=C/O)C1(OC(C)=O)CCCC1. The maximum absolute atomic E-state index is 11.2. The largest absolute Gasteiger partial charge is 0.516 e. The third-order valence-electron chi connectivity index (χ3n) is 3.25. The summed E-state index contributed by atoms with van der Waals surface area (Å²) in [5.74, 6) is -0.149. The Balaban J connectivity index is 2.80. The first-order valence-electron chi connectivity index (χ1n) is 5.76. The van der Waals surface area contributed by atoms with E-state index in [-0.39, 0.29) is 11.9 Å². The highest BCUT2D eigenvalue weighted by Gasteiger charge is 2.42. The van der Waals surface area contributed by atoms with Gasteiger partial charge in [0.25, 0.3) is 0 Å². The fraction of sp³-hybridized carbons (Fsp3) is 0.615. The topological polar surface area (TPSA) is 46.5 Å². The average molecular weight is 224 g/mol. The predicted octanol–water partition coefficient (Wildman–Crippen LogP) is 3.13. The number of hydrogen-bond donors (Lipinski definition) is 1. The van der Waals surface area contributed by atoms with Gasteiger partial charge in [-0.15, -0.1) is 6.58 Å². The lowest BCUT2D eigenvalue weighted by Gasteiger charge is -2.34. The van der Waals surface area contributed by atoms with Crippen molar-refractivity contribution < 1.29 is 14.6 Å². The highest BCUT2D eigenvalue weighted by atomic mass is 16.6. The van der Waals surface area contributed by atoms with Gasteiger partial charge in [-0.05, 0) is 38.2 Å². The Labute approximate surface area is 96.8 Å². The van der Waals surface area contributed by atoms with Gasteiger partial charge in [-0.2, -0.15) is 0 Å². The molecule has 0 aromatic heterocycles. The first-order valence-corrected chi connectivity index (χ1v) is 5.76. The molecule has 0 aliphatic heterocycles. The highest BCUT2D eigenvalue weighted by molar-refractivity contribution is 5.66. The standard InChI is InChI=1S/C13H20O3/c1-3-12(7-6-10-14)13(16-11(2)15)8-4-5-9-13/h3,6,10,12,14H,1,4-5,7-9H2,2H3/b10-6+. The molecule has 90 valence electrons. The molecule has 1 N–H and O–H groups in total. The molecule has 0 heterocycles. The van der Waals surface area contributed by atoms with Crippen molar-refractivity contribution in [3.8, 4) is 0 Å². The Kier molecular flexibility index (Phi) is 4.59. The Morgan fingerprint density at radius 3 is 2.62 bits per heavy atom. The minimum Gasteiger partial charge on any atom is -0.516 e. The van der Waals surface area contributed by atoms with Crippen LogP contribution in [0.15, 0.2) is 25.0 Å². The van der Waals surface area contributed by atoms with Crippen molar-refractivity contribution in [1.82, 2.24) is 0 Å². The van der Waals surface area contributed by atoms with Gasteiger partial charge in [0.15, 0.2) is 0 Å². The van der Waals surface area contributed by atoms with Crippen LogP contribution in [0.2, 0.25) is 0 Å². The van der Waals surface area contributed by atoms with Crippen LogP contribution in [0.1, 0.15) is 39.0 Å². The van der Waals surface area contributed by atoms with Crippen molar-refractivity contribution in [3.63, 3.8) is 0 Å². The number of ether oxygens (including phenoxy) is 1. The van der Waals surface area contributed by atoms with Crippen LogP contribution in [0.3, 0.4) is 0 Å². The van der Waals surface area contributed by atoms with Crippen molar-refractivity contribution in [2.75, 3.05) is 0 Å². The Bertz CT molecular complexity index is 275. The molecular formula is C13H20O3. The van der Waals surface area contributed by atoms with E-state index in [9.17, 15) is 4.79 Å². The summed E-state index contributed by atoms with van der Waals surface area (Å²) in [6.07, 6.45) is 9.15. The fourth-order valence-electron chi connectivity index (χ4n) is 2.54. The molecule has 3 heteroatoms. The number of hydrogen-bond acceptors (Lipinski definition) is 3. The molecule has 1 atom stereocenters. The van der Waals surface area contributed by atoms with Crippen molar-refractivity contribution in [2.45, 2.75) is 44.6 Å². The second-order valence-corrected chi connectivity index (χ2v) is 4.33. The summed E-state index contributed by atoms with van der Waals surface area (Å²) < 4.78 is 5.52. The fourth-order valence-corrected chi connectivity index (χ4v) is 2.54. The summed E-state index contributed by atoms with van der Waals surface area (Å²) in [5, 5.41) is 8.70. The minimum absolute atomic E-state index is 0.0855. The average Bonchev–Trinajstić information content (AvgIpc) is 2.67. The number of allylic oxidation sites excluding steroid dienone is 1. The van der Waals surface area contributed by atoms with Gasteiger partial charge in [-0.1, -0.05) is 6.08 Å². The zero-order valence-electron chi connectivity index (χ0n) is 9.82. The molecule has 1 rings (SSSR count). The Morgan fingerprint density at radius 1 is 1.56 bits per heavy atom. The van der Waals surface area contributed by atoms with Crippen molar-refractivity contribution in [1.29, 1.82) is 0 Å². The van der Waals surface area contributed by atoms with Crippen LogP contribution >= 0.6 is 0 Å². The molecule has 3 nitrogen and oxygen atoms in total. The van der Waals surface area contributed by atoms with E-state index in [1.165, 1.54) is 6.92 Å². The van der Waals surface area contributed by atoms with Gasteiger partial charge in [0.05, 0.1) is 6.26 Å². The lowest BCUT2D eigenvalue weighted by Crippen LogP contribution is -2.38. The normalized spacial score (nSPS) is 20.8. The molecule has 0 radical (unpaired) electrons. The third-order valence-corrected chi connectivity index (χ3v) is 3.25. The maximum atomic E-state index is 11.2. The molecule has 0 aromatic carbocycles. The first-order chi connectivity index (χ1) is 7.64. The Hall–Kier alpha value is -1.25. The van der Waals surface area contributed by atoms with Gasteiger partial charge < -0.3 is 9.84 Å². The van der Waals surface area contributed by atoms with E-state index in [1.54, 1.807) is 6.08 Å². The molecule has 1 saturated carbocycles. The zero-order chi connectivity index (χ0) is 12.0. The van der Waals surface area contributed by atoms with Gasteiger partial charge >= 0.3 is 5.97 Å². The lowest BCUT2D eigenvalue weighted by atomic mass is 9.83. The van der Waals surface area contributed by atoms with Crippen LogP contribution in [0.5, 0.6) is 0 Å². The molecule has 0 amide bonds. The third kappa shape index (κ3) is 2.87. The molecule has 1 aliphatic rings. The summed E-state index contributed by atoms with van der Waals surface area (Å²) in [6.45, 7) is 5.25. The smallest absolute Gasteiger partial charge is 0.303 e. The van der Waals surface area contributed by atoms with Crippen LogP contribution < -0.4 is 0 Å². The molecule has 16 heavy (non-hydrogen) atoms. The van der Waals surface area contributed by atoms with E-state index in [0.29, 0.717) is 6.42 Å². The number of carbonyl (C=O) groups excluding carboxylic acids is 1. The second-order valence-electron chi connectivity index (χ2n) is 4.33. The van der Waals surface area contributed by atoms with Gasteiger partial charge in [0.1, 0.15) is 5.60 Å². The van der Waals surface area contributed by atoms with Crippen LogP contribution in [0, 0.1) is 5.92 Å². The van der Waals surface area contributed by atoms with Crippen LogP contribution in [0.4, 0.5) is 0 Å². The zero-order valence-corrected chi connectivity index (χ0v) is 9.82. The Morgan fingerprint density at radius 2 is 2.19 bits per heavy atom. The van der Waals surface area contributed by atoms with E-state index in [4.69, 9.17) is 9.84 Å². The van der Waals surface area contributed by atoms with E-state index in [0.717, 1.165) is 31.9 Å². The summed E-state index contributed by atoms with van der Waals surface area (Å²) in [6, 6.07) is 0. The molecule has 0 spiro atoms. The summed E-state index contributed by atoms with van der Waals surface area (Å²) in [4.78, 5) is 11.2. The van der Waals surface area contributed by atoms with Gasteiger partial charge in [0, 0.05) is 12.8 Å². The molecule has 1 fully saturated rings. The molecule has 1 unspecified atom stereocenters. The van der Waals surface area contributed by atoms with Crippen molar-refractivity contribution >= 4 is 5.97 Å². The lowest BCUT2D eigenvalue weighted by molar-refractivity contribution is -0.160. The van der Waals surface area contributed by atoms with Crippen LogP contribution in [0.25, 0.3) is 0 Å². The summed E-state index contributed by atoms with van der Waals surface area (Å²) in [7, 11) is 0. The summed E-state index contributed by atoms with van der Waals surface area (Å²) in [5.41, 5.74) is -0.396. The molecular weight excluding hydrogens is 204 g/mol. The predicted molar refractivity (Wildman–Crippen MR) is 63.0 cm³/mol. The number of aliphatic hydroxyl groups is 1. The maximum Gasteiger partial charge on any atom is 0.303 e. The van der Waals surface area contributed by atoms with Crippen LogP contribution in [-0.4, -0.2) is 16.7 Å². The van der Waals surface area contributed by atoms with Gasteiger partial charge in [-0.25, -0.2) is 0 Å². The number of aliphatic hydroxyl groups excluding tert-OH is 1. The summed E-state index contributed by atoms with van der Waals surface area (Å²) >= 11 is 0. The van der Waals surface area contributed by atoms with Crippen molar-refractivity contribution in [3.05, 3.63) is 25.0 Å². The van der Waals surface area contributed by atoms with E-state index in [2.05, 4.69) is 6.58 Å². The van der Waals surface area contributed by atoms with Crippen molar-refractivity contribution in [2.24, 2.45) is 5.92 Å². The minimum atomic E-state index is -0.396. The number of esters is 1. The number of carbonyl (C=O) groups is 1. The van der Waals surface area contributed by atoms with E-state index < -0.39 is 5.60 Å². The molecule has 0 aromatic rings. The van der Waals surface area contributed by atoms with Crippen LogP contribution in [-0.2, 0) is 9.53 Å². The van der Waals surface area contributed by atoms with E-state index in [1.807, 2.05) is 6.08 Å². The van der Waals surface area contributed by atoms with Gasteiger partial charge in [-0.3, -0.25) is 4.79 Å². The molecule has 0 saturated heterocycles. The number of rotatable bonds is 5. The van der Waals surface area contributed by atoms with Gasteiger partial charge in [0.2, 0.25) is 0 Å². The second kappa shape index (κ2) is 5.73. The first kappa shape index (κ1) is 12.8. The quantitative estimate of drug-likeness (QED) is 0.443. The molecule has 1 aliphatic carbocycles. The molecule has 0 bridgehead atoms. The highest BCUT2D eigenvalue weighted by Crippen LogP contribution is 2.41. The van der Waals surface area contributed by atoms with E-state index >= 15 is 0 Å². The monoisotopic (exact) mass is 224 g/mol.